The molecule has 0 aromatic heterocycles. The van der Waals surface area contributed by atoms with Crippen molar-refractivity contribution in [1.82, 2.24) is 4.72 Å². The first-order valence-corrected chi connectivity index (χ1v) is 11.2. The van der Waals surface area contributed by atoms with Gasteiger partial charge in [-0.05, 0) is 93.9 Å². The molecule has 1 aromatic carbocycles. The van der Waals surface area contributed by atoms with Crippen LogP contribution in [0.15, 0.2) is 29.2 Å². The summed E-state index contributed by atoms with van der Waals surface area (Å²) in [4.78, 5) is 13.1. The number of amides is 1. The standard InChI is InChI=1S/C20H28N2O3S/c1-12(2)22-26(24,25)18-5-3-17(4-6-18)21-20(23)19-15-8-13-7-14(10-15)11-16(19)9-13/h3-6,12-16,19,22H,7-11H2,1-2H3,(H,21,23). The van der Waals surface area contributed by atoms with Crippen LogP contribution in [0, 0.1) is 29.6 Å². The molecule has 26 heavy (non-hydrogen) atoms. The van der Waals surface area contributed by atoms with Crippen LogP contribution in [0.25, 0.3) is 0 Å². The van der Waals surface area contributed by atoms with Gasteiger partial charge in [-0.25, -0.2) is 13.1 Å². The third-order valence-corrected chi connectivity index (χ3v) is 8.03. The number of carbonyl (C=O) groups excluding carboxylic acids is 1. The monoisotopic (exact) mass is 376 g/mol. The van der Waals surface area contributed by atoms with Crippen molar-refractivity contribution in [3.05, 3.63) is 24.3 Å². The number of hydrogen-bond acceptors (Lipinski definition) is 3. The number of rotatable bonds is 5. The number of hydrogen-bond donors (Lipinski definition) is 2. The summed E-state index contributed by atoms with van der Waals surface area (Å²) in [6.45, 7) is 3.58. The Morgan fingerprint density at radius 2 is 1.50 bits per heavy atom. The van der Waals surface area contributed by atoms with Gasteiger partial charge in [-0.2, -0.15) is 0 Å². The Balaban J connectivity index is 1.44. The lowest BCUT2D eigenvalue weighted by molar-refractivity contribution is -0.132. The maximum absolute atomic E-state index is 12.9. The quantitative estimate of drug-likeness (QED) is 0.827. The molecule has 0 unspecified atom stereocenters. The van der Waals surface area contributed by atoms with Crippen molar-refractivity contribution in [2.75, 3.05) is 5.32 Å². The second-order valence-electron chi connectivity index (χ2n) is 8.75. The summed E-state index contributed by atoms with van der Waals surface area (Å²) in [7, 11) is -3.50. The first-order chi connectivity index (χ1) is 12.3. The Morgan fingerprint density at radius 1 is 0.962 bits per heavy atom. The van der Waals surface area contributed by atoms with Gasteiger partial charge in [0.05, 0.1) is 4.90 Å². The van der Waals surface area contributed by atoms with E-state index in [1.54, 1.807) is 38.1 Å². The van der Waals surface area contributed by atoms with Gasteiger partial charge >= 0.3 is 0 Å². The molecular weight excluding hydrogens is 348 g/mol. The molecule has 0 aliphatic heterocycles. The van der Waals surface area contributed by atoms with Crippen molar-refractivity contribution >= 4 is 21.6 Å². The molecule has 4 aliphatic rings. The summed E-state index contributed by atoms with van der Waals surface area (Å²) in [5.41, 5.74) is 0.673. The molecule has 6 heteroatoms. The van der Waals surface area contributed by atoms with E-state index in [1.807, 2.05) is 0 Å². The number of carbonyl (C=O) groups is 1. The maximum Gasteiger partial charge on any atom is 0.240 e. The summed E-state index contributed by atoms with van der Waals surface area (Å²) in [5, 5.41) is 3.04. The minimum absolute atomic E-state index is 0.120. The highest BCUT2D eigenvalue weighted by molar-refractivity contribution is 7.89. The van der Waals surface area contributed by atoms with E-state index in [2.05, 4.69) is 10.0 Å². The van der Waals surface area contributed by atoms with Crippen molar-refractivity contribution in [2.24, 2.45) is 29.6 Å². The lowest BCUT2D eigenvalue weighted by Crippen LogP contribution is -2.49. The third-order valence-electron chi connectivity index (χ3n) is 6.35. The van der Waals surface area contributed by atoms with Crippen molar-refractivity contribution in [3.63, 3.8) is 0 Å². The molecule has 2 N–H and O–H groups in total. The summed E-state index contributed by atoms with van der Waals surface area (Å²) in [6.07, 6.45) is 6.22. The largest absolute Gasteiger partial charge is 0.326 e. The van der Waals surface area contributed by atoms with Crippen LogP contribution in [-0.2, 0) is 14.8 Å². The van der Waals surface area contributed by atoms with Crippen LogP contribution in [0.2, 0.25) is 0 Å². The molecule has 0 saturated heterocycles. The molecule has 142 valence electrons. The van der Waals surface area contributed by atoms with E-state index in [-0.39, 0.29) is 22.8 Å². The molecule has 5 nitrogen and oxygen atoms in total. The highest BCUT2D eigenvalue weighted by Crippen LogP contribution is 2.56. The van der Waals surface area contributed by atoms with Crippen molar-refractivity contribution in [3.8, 4) is 0 Å². The van der Waals surface area contributed by atoms with Gasteiger partial charge in [-0.15, -0.1) is 0 Å². The molecule has 1 aromatic rings. The topological polar surface area (TPSA) is 75.3 Å². The first-order valence-electron chi connectivity index (χ1n) is 9.75. The van der Waals surface area contributed by atoms with Gasteiger partial charge in [0.25, 0.3) is 0 Å². The van der Waals surface area contributed by atoms with Gasteiger partial charge in [0.1, 0.15) is 0 Å². The zero-order chi connectivity index (χ0) is 18.5. The number of nitrogens with one attached hydrogen (secondary N) is 2. The zero-order valence-corrected chi connectivity index (χ0v) is 16.3. The Hall–Kier alpha value is -1.40. The summed E-state index contributed by atoms with van der Waals surface area (Å²) in [5.74, 6) is 3.03. The average molecular weight is 377 g/mol. The van der Waals surface area contributed by atoms with Gasteiger partial charge < -0.3 is 5.32 Å². The Labute approximate surface area is 156 Å². The normalized spacial score (nSPS) is 32.8. The van der Waals surface area contributed by atoms with Crippen molar-refractivity contribution in [2.45, 2.75) is 56.9 Å². The fourth-order valence-electron chi connectivity index (χ4n) is 5.67. The summed E-state index contributed by atoms with van der Waals surface area (Å²) < 4.78 is 27.0. The molecule has 4 aliphatic carbocycles. The molecular formula is C20H28N2O3S. The lowest BCUT2D eigenvalue weighted by atomic mass is 9.51. The van der Waals surface area contributed by atoms with Crippen molar-refractivity contribution < 1.29 is 13.2 Å². The fourth-order valence-corrected chi connectivity index (χ4v) is 6.93. The van der Waals surface area contributed by atoms with Crippen LogP contribution in [0.5, 0.6) is 0 Å². The van der Waals surface area contributed by atoms with Gasteiger partial charge in [0, 0.05) is 17.6 Å². The summed E-state index contributed by atoms with van der Waals surface area (Å²) in [6, 6.07) is 6.32. The van der Waals surface area contributed by atoms with Crippen LogP contribution in [-0.4, -0.2) is 20.4 Å². The lowest BCUT2D eigenvalue weighted by Gasteiger charge is -2.53. The fraction of sp³-hybridized carbons (Fsp3) is 0.650. The third kappa shape index (κ3) is 3.41. The second kappa shape index (κ2) is 6.64. The Kier molecular flexibility index (Phi) is 4.59. The van der Waals surface area contributed by atoms with Crippen LogP contribution in [0.1, 0.15) is 46.0 Å². The Bertz CT molecular complexity index is 758. The summed E-state index contributed by atoms with van der Waals surface area (Å²) >= 11 is 0. The smallest absolute Gasteiger partial charge is 0.240 e. The van der Waals surface area contributed by atoms with Crippen LogP contribution in [0.3, 0.4) is 0 Å². The molecule has 1 amide bonds. The van der Waals surface area contributed by atoms with E-state index in [9.17, 15) is 13.2 Å². The molecule has 0 atom stereocenters. The second-order valence-corrected chi connectivity index (χ2v) is 10.5. The van der Waals surface area contributed by atoms with E-state index in [0.29, 0.717) is 17.5 Å². The van der Waals surface area contributed by atoms with Crippen LogP contribution in [0.4, 0.5) is 5.69 Å². The minimum Gasteiger partial charge on any atom is -0.326 e. The van der Waals surface area contributed by atoms with Gasteiger partial charge in [-0.1, -0.05) is 0 Å². The van der Waals surface area contributed by atoms with E-state index in [0.717, 1.165) is 11.8 Å². The SMILES string of the molecule is CC(C)NS(=O)(=O)c1ccc(NC(=O)C2C3CC4CC(C3)CC2C4)cc1. The van der Waals surface area contributed by atoms with Crippen LogP contribution >= 0.6 is 0 Å². The number of benzene rings is 1. The highest BCUT2D eigenvalue weighted by Gasteiger charge is 2.50. The van der Waals surface area contributed by atoms with E-state index < -0.39 is 10.0 Å². The maximum atomic E-state index is 12.9. The van der Waals surface area contributed by atoms with Gasteiger partial charge in [-0.3, -0.25) is 4.79 Å². The van der Waals surface area contributed by atoms with E-state index in [1.165, 1.54) is 32.1 Å². The molecule has 0 heterocycles. The number of sulfonamides is 1. The molecule has 4 saturated carbocycles. The van der Waals surface area contributed by atoms with E-state index >= 15 is 0 Å². The molecule has 5 rings (SSSR count). The molecule has 4 bridgehead atoms. The van der Waals surface area contributed by atoms with Crippen molar-refractivity contribution in [1.29, 1.82) is 0 Å². The van der Waals surface area contributed by atoms with Gasteiger partial charge in [0.15, 0.2) is 0 Å². The van der Waals surface area contributed by atoms with E-state index in [4.69, 9.17) is 0 Å². The van der Waals surface area contributed by atoms with Gasteiger partial charge in [0.2, 0.25) is 15.9 Å². The average Bonchev–Trinajstić information content (AvgIpc) is 2.53. The highest BCUT2D eigenvalue weighted by atomic mass is 32.2. The zero-order valence-electron chi connectivity index (χ0n) is 15.4. The molecule has 0 spiro atoms. The molecule has 4 fully saturated rings. The predicted molar refractivity (Wildman–Crippen MR) is 101 cm³/mol. The Morgan fingerprint density at radius 3 is 2.00 bits per heavy atom. The molecule has 0 radical (unpaired) electrons. The van der Waals surface area contributed by atoms with Crippen LogP contribution < -0.4 is 10.0 Å². The number of anilines is 1. The predicted octanol–water partition coefficient (Wildman–Crippen LogP) is 3.38. The minimum atomic E-state index is -3.50. The first kappa shape index (κ1) is 18.0.